The maximum absolute atomic E-state index is 12.7. The average Bonchev–Trinajstić information content (AvgIpc) is 2.65. The molecule has 26 heavy (non-hydrogen) atoms. The van der Waals surface area contributed by atoms with Gasteiger partial charge < -0.3 is 5.32 Å². The lowest BCUT2D eigenvalue weighted by molar-refractivity contribution is -0.384. The monoisotopic (exact) mass is 372 g/mol. The van der Waals surface area contributed by atoms with E-state index in [2.05, 4.69) is 23.5 Å². The number of rotatable bonds is 5. The Balaban J connectivity index is 1.83. The Kier molecular flexibility index (Phi) is 5.57. The van der Waals surface area contributed by atoms with Crippen molar-refractivity contribution in [1.29, 1.82) is 0 Å². The number of non-ortho nitro benzene ring substituents is 1. The van der Waals surface area contributed by atoms with E-state index in [1.165, 1.54) is 42.2 Å². The molecular formula is C20H21ClN2O3. The molecule has 1 amide bonds. The molecule has 0 spiro atoms. The molecule has 0 saturated carbocycles. The zero-order valence-corrected chi connectivity index (χ0v) is 15.4. The van der Waals surface area contributed by atoms with Gasteiger partial charge in [0.25, 0.3) is 11.6 Å². The van der Waals surface area contributed by atoms with Gasteiger partial charge >= 0.3 is 0 Å². The zero-order valence-electron chi connectivity index (χ0n) is 14.6. The van der Waals surface area contributed by atoms with Crippen molar-refractivity contribution in [3.63, 3.8) is 0 Å². The molecule has 0 aliphatic heterocycles. The molecule has 2 aromatic rings. The van der Waals surface area contributed by atoms with E-state index in [0.717, 1.165) is 24.8 Å². The van der Waals surface area contributed by atoms with Crippen molar-refractivity contribution in [2.75, 3.05) is 0 Å². The molecule has 1 aliphatic rings. The second-order valence-corrected chi connectivity index (χ2v) is 7.00. The number of nitro benzene ring substituents is 1. The van der Waals surface area contributed by atoms with Crippen LogP contribution in [0.1, 0.15) is 59.3 Å². The number of benzene rings is 2. The van der Waals surface area contributed by atoms with Crippen LogP contribution >= 0.6 is 11.6 Å². The lowest BCUT2D eigenvalue weighted by Gasteiger charge is -2.22. The van der Waals surface area contributed by atoms with E-state index in [-0.39, 0.29) is 22.3 Å². The molecule has 1 atom stereocenters. The van der Waals surface area contributed by atoms with E-state index in [4.69, 9.17) is 11.6 Å². The number of nitrogens with zero attached hydrogens (tertiary/aromatic N) is 1. The minimum Gasteiger partial charge on any atom is -0.345 e. The fourth-order valence-corrected chi connectivity index (χ4v) is 3.63. The molecule has 0 saturated heterocycles. The number of carbonyl (C=O) groups excluding carboxylic acids is 1. The van der Waals surface area contributed by atoms with Crippen molar-refractivity contribution >= 4 is 23.2 Å². The summed E-state index contributed by atoms with van der Waals surface area (Å²) in [7, 11) is 0. The number of hydrogen-bond acceptors (Lipinski definition) is 3. The van der Waals surface area contributed by atoms with Gasteiger partial charge in [-0.05, 0) is 54.9 Å². The predicted molar refractivity (Wildman–Crippen MR) is 102 cm³/mol. The van der Waals surface area contributed by atoms with Gasteiger partial charge in [-0.15, -0.1) is 0 Å². The summed E-state index contributed by atoms with van der Waals surface area (Å²) in [6.07, 6.45) is 5.33. The van der Waals surface area contributed by atoms with E-state index in [1.807, 2.05) is 6.92 Å². The fourth-order valence-electron chi connectivity index (χ4n) is 3.43. The molecule has 1 N–H and O–H groups in total. The number of hydrogen-bond donors (Lipinski definition) is 1. The lowest BCUT2D eigenvalue weighted by Crippen LogP contribution is -2.28. The Morgan fingerprint density at radius 2 is 1.92 bits per heavy atom. The summed E-state index contributed by atoms with van der Waals surface area (Å²) in [6, 6.07) is 10.1. The topological polar surface area (TPSA) is 72.2 Å². The van der Waals surface area contributed by atoms with Crippen molar-refractivity contribution < 1.29 is 9.72 Å². The molecule has 0 radical (unpaired) electrons. The van der Waals surface area contributed by atoms with Crippen LogP contribution in [0, 0.1) is 10.1 Å². The van der Waals surface area contributed by atoms with Crippen LogP contribution in [0.4, 0.5) is 5.69 Å². The Labute approximate surface area is 157 Å². The molecule has 5 nitrogen and oxygen atoms in total. The zero-order chi connectivity index (χ0) is 18.7. The normalized spacial score (nSPS) is 14.4. The first-order valence-electron chi connectivity index (χ1n) is 8.86. The van der Waals surface area contributed by atoms with Crippen LogP contribution in [-0.4, -0.2) is 10.8 Å². The summed E-state index contributed by atoms with van der Waals surface area (Å²) in [4.78, 5) is 23.1. The molecule has 3 rings (SSSR count). The van der Waals surface area contributed by atoms with Crippen molar-refractivity contribution in [3.8, 4) is 0 Å². The van der Waals surface area contributed by atoms with Crippen molar-refractivity contribution in [1.82, 2.24) is 5.32 Å². The summed E-state index contributed by atoms with van der Waals surface area (Å²) in [6.45, 7) is 2.00. The Morgan fingerprint density at radius 3 is 2.62 bits per heavy atom. The molecule has 0 heterocycles. The molecule has 6 heteroatoms. The quantitative estimate of drug-likeness (QED) is 0.592. The number of fused-ring (bicyclic) bond motifs is 1. The molecule has 2 aromatic carbocycles. The molecule has 0 bridgehead atoms. The third-order valence-corrected chi connectivity index (χ3v) is 5.22. The van der Waals surface area contributed by atoms with Gasteiger partial charge in [-0.2, -0.15) is 0 Å². The van der Waals surface area contributed by atoms with Gasteiger partial charge in [0, 0.05) is 12.1 Å². The maximum atomic E-state index is 12.7. The predicted octanol–water partition coefficient (Wildman–Crippen LogP) is 5.01. The van der Waals surface area contributed by atoms with Crippen LogP contribution in [0.25, 0.3) is 0 Å². The third kappa shape index (κ3) is 3.88. The summed E-state index contributed by atoms with van der Waals surface area (Å²) < 4.78 is 0. The highest BCUT2D eigenvalue weighted by Gasteiger charge is 2.20. The maximum Gasteiger partial charge on any atom is 0.270 e. The summed E-state index contributed by atoms with van der Waals surface area (Å²) in [5, 5.41) is 14.1. The molecule has 1 aliphatic carbocycles. The highest BCUT2D eigenvalue weighted by atomic mass is 35.5. The third-order valence-electron chi connectivity index (χ3n) is 4.89. The van der Waals surface area contributed by atoms with Gasteiger partial charge in [-0.3, -0.25) is 14.9 Å². The minimum absolute atomic E-state index is 0.122. The number of amides is 1. The van der Waals surface area contributed by atoms with E-state index in [0.29, 0.717) is 0 Å². The summed E-state index contributed by atoms with van der Waals surface area (Å²) in [5.74, 6) is -0.400. The van der Waals surface area contributed by atoms with Crippen LogP contribution in [0.15, 0.2) is 36.4 Å². The fraction of sp³-hybridized carbons (Fsp3) is 0.350. The second kappa shape index (κ2) is 7.87. The Morgan fingerprint density at radius 1 is 1.19 bits per heavy atom. The first kappa shape index (κ1) is 18.4. The van der Waals surface area contributed by atoms with Crippen molar-refractivity contribution in [2.45, 2.75) is 45.1 Å². The summed E-state index contributed by atoms with van der Waals surface area (Å²) >= 11 is 6.08. The molecular weight excluding hydrogens is 352 g/mol. The minimum atomic E-state index is -0.534. The highest BCUT2D eigenvalue weighted by molar-refractivity contribution is 6.33. The van der Waals surface area contributed by atoms with Gasteiger partial charge in [-0.25, -0.2) is 0 Å². The van der Waals surface area contributed by atoms with Crippen molar-refractivity contribution in [3.05, 3.63) is 73.8 Å². The number of nitro groups is 1. The van der Waals surface area contributed by atoms with Crippen LogP contribution in [0.2, 0.25) is 5.02 Å². The van der Waals surface area contributed by atoms with Gasteiger partial charge in [0.1, 0.15) is 0 Å². The standard InChI is InChI=1S/C20H21ClN2O3/c1-2-19(15-8-7-13-5-3-4-6-14(13)11-15)22-20(24)17-12-16(23(25)26)9-10-18(17)21/h7-12,19H,2-6H2,1H3,(H,22,24). The molecule has 0 aromatic heterocycles. The number of aryl methyl sites for hydroxylation is 2. The number of carbonyl (C=O) groups is 1. The van der Waals surface area contributed by atoms with Gasteiger partial charge in [-0.1, -0.05) is 36.7 Å². The van der Waals surface area contributed by atoms with Gasteiger partial charge in [0.2, 0.25) is 0 Å². The van der Waals surface area contributed by atoms with Crippen molar-refractivity contribution in [2.24, 2.45) is 0 Å². The van der Waals surface area contributed by atoms with E-state index < -0.39 is 10.8 Å². The Bertz CT molecular complexity index is 851. The number of halogens is 1. The lowest BCUT2D eigenvalue weighted by atomic mass is 9.88. The summed E-state index contributed by atoms with van der Waals surface area (Å²) in [5.41, 5.74) is 3.78. The van der Waals surface area contributed by atoms with E-state index in [1.54, 1.807) is 0 Å². The highest BCUT2D eigenvalue weighted by Crippen LogP contribution is 2.27. The SMILES string of the molecule is CCC(NC(=O)c1cc([N+](=O)[O-])ccc1Cl)c1ccc2c(c1)CCCC2. The average molecular weight is 373 g/mol. The van der Waals surface area contributed by atoms with Crippen LogP contribution < -0.4 is 5.32 Å². The van der Waals surface area contributed by atoms with E-state index >= 15 is 0 Å². The largest absolute Gasteiger partial charge is 0.345 e. The first-order chi connectivity index (χ1) is 12.5. The smallest absolute Gasteiger partial charge is 0.270 e. The Hall–Kier alpha value is -2.40. The van der Waals surface area contributed by atoms with Gasteiger partial charge in [0.15, 0.2) is 0 Å². The molecule has 136 valence electrons. The molecule has 0 fully saturated rings. The molecule has 1 unspecified atom stereocenters. The van der Waals surface area contributed by atoms with Crippen LogP contribution in [0.3, 0.4) is 0 Å². The second-order valence-electron chi connectivity index (χ2n) is 6.59. The number of nitrogens with one attached hydrogen (secondary N) is 1. The van der Waals surface area contributed by atoms with Crippen LogP contribution in [-0.2, 0) is 12.8 Å². The van der Waals surface area contributed by atoms with Gasteiger partial charge in [0.05, 0.1) is 21.6 Å². The van der Waals surface area contributed by atoms with E-state index in [9.17, 15) is 14.9 Å². The van der Waals surface area contributed by atoms with Crippen LogP contribution in [0.5, 0.6) is 0 Å². The first-order valence-corrected chi connectivity index (χ1v) is 9.24.